The Kier molecular flexibility index (Phi) is 26.5. The summed E-state index contributed by atoms with van der Waals surface area (Å²) < 4.78 is 5.06. The third-order valence-corrected chi connectivity index (χ3v) is 4.66. The lowest BCUT2D eigenvalue weighted by Gasteiger charge is -2.03. The van der Waals surface area contributed by atoms with Gasteiger partial charge in [0, 0.05) is 6.42 Å². The van der Waals surface area contributed by atoms with Crippen molar-refractivity contribution in [1.29, 1.82) is 0 Å². The lowest BCUT2D eigenvalue weighted by atomic mass is 10.1. The summed E-state index contributed by atoms with van der Waals surface area (Å²) in [5.74, 6) is -2.18. The van der Waals surface area contributed by atoms with Crippen molar-refractivity contribution < 1.29 is 29.3 Å². The van der Waals surface area contributed by atoms with E-state index in [-0.39, 0.29) is 18.8 Å². The molecule has 0 unspecified atom stereocenters. The molecule has 0 aliphatic heterocycles. The van der Waals surface area contributed by atoms with E-state index in [9.17, 15) is 14.4 Å². The number of hydrogen-bond donors (Lipinski definition) is 2. The highest BCUT2D eigenvalue weighted by Gasteiger charge is 2.01. The Morgan fingerprint density at radius 3 is 1.52 bits per heavy atom. The van der Waals surface area contributed by atoms with E-state index in [0.29, 0.717) is 13.0 Å². The van der Waals surface area contributed by atoms with E-state index >= 15 is 0 Å². The Morgan fingerprint density at radius 2 is 1.06 bits per heavy atom. The van der Waals surface area contributed by atoms with Gasteiger partial charge < -0.3 is 14.9 Å². The van der Waals surface area contributed by atoms with Gasteiger partial charge in [-0.2, -0.15) is 0 Å². The quantitative estimate of drug-likeness (QED) is 0.121. The minimum Gasteiger partial charge on any atom is -0.481 e. The second-order valence-electron chi connectivity index (χ2n) is 7.84. The molecule has 0 radical (unpaired) electrons. The van der Waals surface area contributed by atoms with Crippen molar-refractivity contribution in [1.82, 2.24) is 0 Å². The Bertz CT molecular complexity index is 445. The number of esters is 1. The van der Waals surface area contributed by atoms with Gasteiger partial charge in [0.1, 0.15) is 0 Å². The molecule has 0 aromatic heterocycles. The fraction of sp³-hybridized carbons (Fsp3) is 0.800. The van der Waals surface area contributed by atoms with Crippen LogP contribution < -0.4 is 0 Å². The van der Waals surface area contributed by atoms with Crippen LogP contribution >= 0.6 is 0 Å². The molecule has 0 aromatic carbocycles. The van der Waals surface area contributed by atoms with E-state index in [1.165, 1.54) is 70.6 Å². The van der Waals surface area contributed by atoms with Crippen molar-refractivity contribution in [2.45, 2.75) is 123 Å². The van der Waals surface area contributed by atoms with Crippen LogP contribution in [0.25, 0.3) is 0 Å². The third-order valence-electron chi connectivity index (χ3n) is 4.66. The second-order valence-corrected chi connectivity index (χ2v) is 7.84. The zero-order valence-corrected chi connectivity index (χ0v) is 19.9. The maximum atomic E-state index is 11.3. The smallest absolute Gasteiger partial charge is 0.305 e. The minimum atomic E-state index is -1.08. The third kappa shape index (κ3) is 33.0. The predicted octanol–water partition coefficient (Wildman–Crippen LogP) is 6.91. The summed E-state index contributed by atoms with van der Waals surface area (Å²) in [5.41, 5.74) is 0. The van der Waals surface area contributed by atoms with Gasteiger partial charge >= 0.3 is 17.9 Å². The van der Waals surface area contributed by atoms with Gasteiger partial charge in [0.05, 0.1) is 19.4 Å². The largest absolute Gasteiger partial charge is 0.481 e. The van der Waals surface area contributed by atoms with Crippen LogP contribution in [0, 0.1) is 0 Å². The Hall–Kier alpha value is -1.85. The Morgan fingerprint density at radius 1 is 0.613 bits per heavy atom. The molecule has 0 aliphatic carbocycles. The van der Waals surface area contributed by atoms with Gasteiger partial charge in [-0.3, -0.25) is 14.4 Å². The van der Waals surface area contributed by atoms with Crippen LogP contribution in [-0.4, -0.2) is 34.7 Å². The van der Waals surface area contributed by atoms with E-state index in [4.69, 9.17) is 14.9 Å². The molecule has 0 bridgehead atoms. The molecule has 0 heterocycles. The maximum absolute atomic E-state index is 11.3. The van der Waals surface area contributed by atoms with Crippen LogP contribution in [0.4, 0.5) is 0 Å². The first-order valence-corrected chi connectivity index (χ1v) is 12.2. The zero-order valence-electron chi connectivity index (χ0n) is 19.9. The number of aliphatic carboxylic acids is 2. The van der Waals surface area contributed by atoms with Gasteiger partial charge in [-0.15, -0.1) is 0 Å². The molecule has 0 aliphatic rings. The molecule has 31 heavy (non-hydrogen) atoms. The molecule has 0 saturated heterocycles. The van der Waals surface area contributed by atoms with Crippen molar-refractivity contribution in [2.24, 2.45) is 0 Å². The van der Waals surface area contributed by atoms with E-state index in [0.717, 1.165) is 19.3 Å². The summed E-state index contributed by atoms with van der Waals surface area (Å²) in [6.07, 6.45) is 22.4. The zero-order chi connectivity index (χ0) is 23.6. The molecular formula is C25H46O6. The molecule has 182 valence electrons. The molecule has 0 saturated carbocycles. The van der Waals surface area contributed by atoms with Gasteiger partial charge in [0.2, 0.25) is 0 Å². The molecule has 0 fully saturated rings. The van der Waals surface area contributed by atoms with Crippen molar-refractivity contribution >= 4 is 17.9 Å². The molecule has 6 nitrogen and oxygen atoms in total. The number of carboxylic acids is 2. The van der Waals surface area contributed by atoms with Crippen molar-refractivity contribution in [3.63, 3.8) is 0 Å². The number of hydrogen-bond acceptors (Lipinski definition) is 4. The van der Waals surface area contributed by atoms with Crippen LogP contribution in [0.3, 0.4) is 0 Å². The van der Waals surface area contributed by atoms with Gasteiger partial charge in [0.15, 0.2) is 0 Å². The fourth-order valence-electron chi connectivity index (χ4n) is 2.84. The highest BCUT2D eigenvalue weighted by Crippen LogP contribution is 2.10. The van der Waals surface area contributed by atoms with E-state index < -0.39 is 11.9 Å². The summed E-state index contributed by atoms with van der Waals surface area (Å²) >= 11 is 0. The van der Waals surface area contributed by atoms with Crippen molar-refractivity contribution in [3.8, 4) is 0 Å². The summed E-state index contributed by atoms with van der Waals surface area (Å²) in [5, 5.41) is 15.8. The number of allylic oxidation sites excluding steroid dienone is 2. The summed E-state index contributed by atoms with van der Waals surface area (Å²) in [4.78, 5) is 30.6. The molecule has 6 heteroatoms. The average Bonchev–Trinajstić information content (AvgIpc) is 2.74. The number of unbranched alkanes of at least 4 members (excludes halogenated alkanes) is 11. The first kappa shape index (κ1) is 31.3. The first-order valence-electron chi connectivity index (χ1n) is 12.2. The number of ether oxygens (including phenoxy) is 1. The first-order chi connectivity index (χ1) is 14.9. The molecule has 2 N–H and O–H groups in total. The predicted molar refractivity (Wildman–Crippen MR) is 125 cm³/mol. The Balaban J connectivity index is 0. The monoisotopic (exact) mass is 442 g/mol. The van der Waals surface area contributed by atoms with Crippen LogP contribution in [-0.2, 0) is 19.1 Å². The van der Waals surface area contributed by atoms with Gasteiger partial charge in [-0.25, -0.2) is 0 Å². The normalized spacial score (nSPS) is 10.5. The van der Waals surface area contributed by atoms with Crippen LogP contribution in [0.2, 0.25) is 0 Å². The van der Waals surface area contributed by atoms with Crippen LogP contribution in [0.5, 0.6) is 0 Å². The molecule has 0 amide bonds. The van der Waals surface area contributed by atoms with Gasteiger partial charge in [-0.05, 0) is 38.5 Å². The van der Waals surface area contributed by atoms with Crippen LogP contribution in [0.1, 0.15) is 123 Å². The summed E-state index contributed by atoms with van der Waals surface area (Å²) in [6.45, 7) is 4.86. The van der Waals surface area contributed by atoms with Crippen molar-refractivity contribution in [2.75, 3.05) is 6.61 Å². The highest BCUT2D eigenvalue weighted by atomic mass is 16.5. The standard InChI is InChI=1S/C21H40O2.C4H6O4/c1-3-5-6-7-8-9-10-11-12-13-14-15-16-17-18-19-21(22)23-20-4-2;5-3(6)1-2-4(7)8/h11-12H,3-10,13-20H2,1-2H3;1-2H2,(H,5,6)(H,7,8)/b12-11-;. The van der Waals surface area contributed by atoms with Gasteiger partial charge in [-0.1, -0.05) is 77.4 Å². The Labute approximate surface area is 189 Å². The lowest BCUT2D eigenvalue weighted by Crippen LogP contribution is -2.04. The van der Waals surface area contributed by atoms with E-state index in [2.05, 4.69) is 19.1 Å². The second kappa shape index (κ2) is 26.2. The van der Waals surface area contributed by atoms with Crippen molar-refractivity contribution in [3.05, 3.63) is 12.2 Å². The number of rotatable bonds is 20. The number of carbonyl (C=O) groups excluding carboxylic acids is 1. The van der Waals surface area contributed by atoms with Gasteiger partial charge in [0.25, 0.3) is 0 Å². The van der Waals surface area contributed by atoms with E-state index in [1.807, 2.05) is 6.92 Å². The SMILES string of the molecule is CCCCCCCC/C=C\CCCCCCCC(=O)OCCC.O=C(O)CCC(=O)O. The van der Waals surface area contributed by atoms with E-state index in [1.54, 1.807) is 0 Å². The number of carbonyl (C=O) groups is 3. The summed E-state index contributed by atoms with van der Waals surface area (Å²) in [6, 6.07) is 0. The minimum absolute atomic E-state index is 0.0236. The lowest BCUT2D eigenvalue weighted by molar-refractivity contribution is -0.143. The molecule has 0 atom stereocenters. The molecule has 0 spiro atoms. The molecular weight excluding hydrogens is 396 g/mol. The molecule has 0 rings (SSSR count). The highest BCUT2D eigenvalue weighted by molar-refractivity contribution is 5.75. The molecule has 0 aromatic rings. The number of carboxylic acid groups (broad SMARTS) is 2. The summed E-state index contributed by atoms with van der Waals surface area (Å²) in [7, 11) is 0. The maximum Gasteiger partial charge on any atom is 0.305 e. The fourth-order valence-corrected chi connectivity index (χ4v) is 2.84. The average molecular weight is 443 g/mol. The topological polar surface area (TPSA) is 101 Å². The van der Waals surface area contributed by atoms with Crippen LogP contribution in [0.15, 0.2) is 12.2 Å².